The number of hydrogen-bond acceptors (Lipinski definition) is 1. The second-order valence-electron chi connectivity index (χ2n) is 5.51. The predicted octanol–water partition coefficient (Wildman–Crippen LogP) is 4.00. The first-order valence-electron chi connectivity index (χ1n) is 6.98. The lowest BCUT2D eigenvalue weighted by atomic mass is 9.84. The minimum absolute atomic E-state index is 0.409. The summed E-state index contributed by atoms with van der Waals surface area (Å²) >= 11 is 0. The Kier molecular flexibility index (Phi) is 4.40. The molecular formula is C16H22O2. The van der Waals surface area contributed by atoms with E-state index in [0.29, 0.717) is 0 Å². The van der Waals surface area contributed by atoms with Crippen LogP contribution in [0.1, 0.15) is 56.1 Å². The lowest BCUT2D eigenvalue weighted by Crippen LogP contribution is -2.10. The maximum Gasteiger partial charge on any atom is 0.310 e. The Morgan fingerprint density at radius 2 is 1.83 bits per heavy atom. The smallest absolute Gasteiger partial charge is 0.310 e. The molecule has 2 rings (SSSR count). The molecule has 0 heterocycles. The Morgan fingerprint density at radius 1 is 1.22 bits per heavy atom. The minimum atomic E-state index is -0.755. The Hall–Kier alpha value is -1.31. The van der Waals surface area contributed by atoms with Crippen LogP contribution >= 0.6 is 0 Å². The molecule has 2 heteroatoms. The zero-order valence-electron chi connectivity index (χ0n) is 11.1. The van der Waals surface area contributed by atoms with E-state index in [4.69, 9.17) is 5.11 Å². The normalized spacial score (nSPS) is 18.5. The molecule has 1 aliphatic rings. The molecule has 1 aliphatic carbocycles. The van der Waals surface area contributed by atoms with Crippen LogP contribution in [0.2, 0.25) is 0 Å². The molecule has 0 saturated heterocycles. The fourth-order valence-electron chi connectivity index (χ4n) is 2.81. The molecule has 1 atom stereocenters. The molecule has 0 radical (unpaired) electrons. The Morgan fingerprint density at radius 3 is 2.39 bits per heavy atom. The van der Waals surface area contributed by atoms with Crippen molar-refractivity contribution in [3.8, 4) is 0 Å². The van der Waals surface area contributed by atoms with Crippen LogP contribution in [-0.2, 0) is 11.2 Å². The average Bonchev–Trinajstić information content (AvgIpc) is 2.40. The zero-order chi connectivity index (χ0) is 13.0. The van der Waals surface area contributed by atoms with Gasteiger partial charge in [0.25, 0.3) is 0 Å². The highest BCUT2D eigenvalue weighted by molar-refractivity contribution is 5.75. The molecule has 0 aromatic heterocycles. The Labute approximate surface area is 109 Å². The van der Waals surface area contributed by atoms with Crippen molar-refractivity contribution in [1.29, 1.82) is 0 Å². The lowest BCUT2D eigenvalue weighted by molar-refractivity contribution is -0.138. The molecule has 0 bridgehead atoms. The van der Waals surface area contributed by atoms with Gasteiger partial charge in [-0.05, 0) is 30.4 Å². The zero-order valence-corrected chi connectivity index (χ0v) is 11.1. The van der Waals surface area contributed by atoms with Crippen molar-refractivity contribution in [2.45, 2.75) is 51.4 Å². The van der Waals surface area contributed by atoms with Crippen molar-refractivity contribution in [2.75, 3.05) is 0 Å². The number of carboxylic acids is 1. The molecule has 18 heavy (non-hydrogen) atoms. The Bertz CT molecular complexity index is 388. The molecule has 1 aromatic rings. The molecule has 0 amide bonds. The third-order valence-corrected chi connectivity index (χ3v) is 4.10. The maximum absolute atomic E-state index is 10.9. The van der Waals surface area contributed by atoms with Gasteiger partial charge in [-0.2, -0.15) is 0 Å². The first kappa shape index (κ1) is 13.1. The molecule has 1 N–H and O–H groups in total. The van der Waals surface area contributed by atoms with Crippen molar-refractivity contribution in [1.82, 2.24) is 0 Å². The predicted molar refractivity (Wildman–Crippen MR) is 72.8 cm³/mol. The van der Waals surface area contributed by atoms with Crippen LogP contribution in [0, 0.1) is 5.92 Å². The van der Waals surface area contributed by atoms with Crippen molar-refractivity contribution < 1.29 is 9.90 Å². The summed E-state index contributed by atoms with van der Waals surface area (Å²) in [5.41, 5.74) is 2.25. The monoisotopic (exact) mass is 246 g/mol. The fraction of sp³-hybridized carbons (Fsp3) is 0.562. The van der Waals surface area contributed by atoms with Crippen LogP contribution < -0.4 is 0 Å². The summed E-state index contributed by atoms with van der Waals surface area (Å²) in [5, 5.41) is 8.97. The van der Waals surface area contributed by atoms with Gasteiger partial charge in [0.05, 0.1) is 5.92 Å². The number of carbonyl (C=O) groups is 1. The number of hydrogen-bond donors (Lipinski definition) is 1. The second kappa shape index (κ2) is 6.03. The van der Waals surface area contributed by atoms with Crippen LogP contribution in [0.4, 0.5) is 0 Å². The summed E-state index contributed by atoms with van der Waals surface area (Å²) in [6.07, 6.45) is 8.01. The summed E-state index contributed by atoms with van der Waals surface area (Å²) < 4.78 is 0. The lowest BCUT2D eigenvalue weighted by Gasteiger charge is -2.21. The quantitative estimate of drug-likeness (QED) is 0.872. The van der Waals surface area contributed by atoms with Crippen LogP contribution in [-0.4, -0.2) is 11.1 Å². The minimum Gasteiger partial charge on any atom is -0.481 e. The van der Waals surface area contributed by atoms with E-state index >= 15 is 0 Å². The number of rotatable bonds is 4. The van der Waals surface area contributed by atoms with E-state index in [9.17, 15) is 4.79 Å². The van der Waals surface area contributed by atoms with Crippen molar-refractivity contribution >= 4 is 5.97 Å². The third-order valence-electron chi connectivity index (χ3n) is 4.10. The van der Waals surface area contributed by atoms with Gasteiger partial charge in [-0.15, -0.1) is 0 Å². The molecule has 1 saturated carbocycles. The van der Waals surface area contributed by atoms with Crippen LogP contribution in [0.5, 0.6) is 0 Å². The largest absolute Gasteiger partial charge is 0.481 e. The summed E-state index contributed by atoms with van der Waals surface area (Å²) in [5.74, 6) is -0.328. The number of aliphatic carboxylic acids is 1. The number of carboxylic acid groups (broad SMARTS) is 1. The fourth-order valence-corrected chi connectivity index (χ4v) is 2.81. The van der Waals surface area contributed by atoms with E-state index < -0.39 is 11.9 Å². The van der Waals surface area contributed by atoms with Gasteiger partial charge >= 0.3 is 5.97 Å². The molecule has 0 aliphatic heterocycles. The van der Waals surface area contributed by atoms with Gasteiger partial charge in [0.2, 0.25) is 0 Å². The van der Waals surface area contributed by atoms with Gasteiger partial charge in [-0.25, -0.2) is 0 Å². The van der Waals surface area contributed by atoms with E-state index in [1.165, 1.54) is 37.7 Å². The molecule has 0 unspecified atom stereocenters. The molecule has 2 nitrogen and oxygen atoms in total. The molecule has 1 aromatic carbocycles. The Balaban J connectivity index is 1.96. The van der Waals surface area contributed by atoms with E-state index in [2.05, 4.69) is 12.1 Å². The van der Waals surface area contributed by atoms with Crippen molar-refractivity contribution in [3.05, 3.63) is 35.4 Å². The highest BCUT2D eigenvalue weighted by Gasteiger charge is 2.15. The topological polar surface area (TPSA) is 37.3 Å². The van der Waals surface area contributed by atoms with Gasteiger partial charge in [-0.1, -0.05) is 56.4 Å². The number of benzene rings is 1. The second-order valence-corrected chi connectivity index (χ2v) is 5.51. The first-order valence-corrected chi connectivity index (χ1v) is 6.98. The standard InChI is InChI=1S/C16H22O2/c1-12(16(17)18)15-9-7-14(8-10-15)11-13-5-3-2-4-6-13/h7-10,12-13H,2-6,11H2,1H3,(H,17,18)/t12-/m1/s1. The van der Waals surface area contributed by atoms with Crippen molar-refractivity contribution in [3.63, 3.8) is 0 Å². The molecule has 1 fully saturated rings. The van der Waals surface area contributed by atoms with E-state index in [1.807, 2.05) is 12.1 Å². The summed E-state index contributed by atoms with van der Waals surface area (Å²) in [6, 6.07) is 8.14. The van der Waals surface area contributed by atoms with E-state index in [1.54, 1.807) is 6.92 Å². The highest BCUT2D eigenvalue weighted by Crippen LogP contribution is 2.27. The average molecular weight is 246 g/mol. The molecule has 0 spiro atoms. The summed E-state index contributed by atoms with van der Waals surface area (Å²) in [6.45, 7) is 1.73. The van der Waals surface area contributed by atoms with Crippen molar-refractivity contribution in [2.24, 2.45) is 5.92 Å². The maximum atomic E-state index is 10.9. The summed E-state index contributed by atoms with van der Waals surface area (Å²) in [7, 11) is 0. The molecule has 98 valence electrons. The van der Waals surface area contributed by atoms with Gasteiger partial charge < -0.3 is 5.11 Å². The first-order chi connectivity index (χ1) is 8.66. The third kappa shape index (κ3) is 3.34. The van der Waals surface area contributed by atoms with E-state index in [-0.39, 0.29) is 0 Å². The van der Waals surface area contributed by atoms with E-state index in [0.717, 1.165) is 17.9 Å². The van der Waals surface area contributed by atoms with Crippen LogP contribution in [0.3, 0.4) is 0 Å². The SMILES string of the molecule is C[C@@H](C(=O)O)c1ccc(CC2CCCCC2)cc1. The van der Waals surface area contributed by atoms with Gasteiger partial charge in [0.1, 0.15) is 0 Å². The van der Waals surface area contributed by atoms with Crippen LogP contribution in [0.15, 0.2) is 24.3 Å². The van der Waals surface area contributed by atoms with Crippen LogP contribution in [0.25, 0.3) is 0 Å². The molecular weight excluding hydrogens is 224 g/mol. The van der Waals surface area contributed by atoms with Gasteiger partial charge in [0.15, 0.2) is 0 Å². The summed E-state index contributed by atoms with van der Waals surface area (Å²) in [4.78, 5) is 10.9. The van der Waals surface area contributed by atoms with Gasteiger partial charge in [0, 0.05) is 0 Å². The highest BCUT2D eigenvalue weighted by atomic mass is 16.4. The van der Waals surface area contributed by atoms with Gasteiger partial charge in [-0.3, -0.25) is 4.79 Å².